The van der Waals surface area contributed by atoms with E-state index < -0.39 is 15.6 Å². The fourth-order valence-electron chi connectivity index (χ4n) is 2.85. The van der Waals surface area contributed by atoms with Gasteiger partial charge in [-0.2, -0.15) is 4.36 Å². The van der Waals surface area contributed by atoms with Crippen molar-refractivity contribution in [2.75, 3.05) is 42.9 Å². The predicted octanol–water partition coefficient (Wildman–Crippen LogP) is 0.804. The molecule has 150 valence electrons. The number of hydrogen-bond donors (Lipinski definition) is 2. The van der Waals surface area contributed by atoms with Crippen molar-refractivity contribution in [3.63, 3.8) is 0 Å². The standard InChI is InChI=1S/C17H23N7O3S/c1-10-9-27-5-4-24(10)15-8-14(23-28(2,3)26)21-17(22-15)11-6-12(16(19)25)20-13(18)7-11/h6-8,10H,4-5,9H2,1-3H3,(H2,18,20)(H2,19,25). The van der Waals surface area contributed by atoms with Crippen LogP contribution in [0, 0.1) is 0 Å². The molecular formula is C17H23N7O3S. The number of carbonyl (C=O) groups excluding carboxylic acids is 1. The van der Waals surface area contributed by atoms with Crippen LogP contribution in [0.3, 0.4) is 0 Å². The van der Waals surface area contributed by atoms with Crippen molar-refractivity contribution < 1.29 is 13.7 Å². The third-order valence-electron chi connectivity index (χ3n) is 4.03. The minimum absolute atomic E-state index is 0.0111. The van der Waals surface area contributed by atoms with E-state index in [2.05, 4.69) is 24.2 Å². The molecule has 0 bridgehead atoms. The van der Waals surface area contributed by atoms with Gasteiger partial charge in [0.25, 0.3) is 5.91 Å². The number of amides is 1. The summed E-state index contributed by atoms with van der Waals surface area (Å²) in [4.78, 5) is 26.5. The lowest BCUT2D eigenvalue weighted by atomic mass is 10.2. The molecule has 3 rings (SSSR count). The van der Waals surface area contributed by atoms with Crippen molar-refractivity contribution in [3.05, 3.63) is 23.9 Å². The molecule has 0 saturated carbocycles. The zero-order valence-corrected chi connectivity index (χ0v) is 16.8. The third-order valence-corrected chi connectivity index (χ3v) is 4.66. The van der Waals surface area contributed by atoms with E-state index in [0.717, 1.165) is 0 Å². The van der Waals surface area contributed by atoms with Gasteiger partial charge in [0.05, 0.1) is 19.3 Å². The molecule has 10 nitrogen and oxygen atoms in total. The number of anilines is 2. The minimum Gasteiger partial charge on any atom is -0.384 e. The van der Waals surface area contributed by atoms with Gasteiger partial charge in [0.15, 0.2) is 11.6 Å². The maximum atomic E-state index is 12.2. The smallest absolute Gasteiger partial charge is 0.267 e. The van der Waals surface area contributed by atoms with Gasteiger partial charge < -0.3 is 21.1 Å². The summed E-state index contributed by atoms with van der Waals surface area (Å²) in [6.07, 6.45) is 3.06. The van der Waals surface area contributed by atoms with Crippen molar-refractivity contribution in [3.8, 4) is 11.4 Å². The van der Waals surface area contributed by atoms with Gasteiger partial charge in [0.1, 0.15) is 17.3 Å². The summed E-state index contributed by atoms with van der Waals surface area (Å²) in [5.41, 5.74) is 11.6. The second kappa shape index (κ2) is 7.68. The highest BCUT2D eigenvalue weighted by Gasteiger charge is 2.22. The van der Waals surface area contributed by atoms with Crippen molar-refractivity contribution in [2.45, 2.75) is 13.0 Å². The minimum atomic E-state index is -2.44. The van der Waals surface area contributed by atoms with E-state index in [1.807, 2.05) is 6.92 Å². The number of nitrogen functional groups attached to an aromatic ring is 1. The van der Waals surface area contributed by atoms with E-state index in [1.165, 1.54) is 18.6 Å². The highest BCUT2D eigenvalue weighted by Crippen LogP contribution is 2.27. The highest BCUT2D eigenvalue weighted by atomic mass is 32.2. The summed E-state index contributed by atoms with van der Waals surface area (Å²) in [5, 5.41) is 0. The maximum absolute atomic E-state index is 12.2. The monoisotopic (exact) mass is 405 g/mol. The lowest BCUT2D eigenvalue weighted by Gasteiger charge is -2.34. The Balaban J connectivity index is 2.18. The van der Waals surface area contributed by atoms with E-state index in [0.29, 0.717) is 31.1 Å². The lowest BCUT2D eigenvalue weighted by Crippen LogP contribution is -2.44. The van der Waals surface area contributed by atoms with Crippen LogP contribution in [-0.4, -0.2) is 63.4 Å². The van der Waals surface area contributed by atoms with Crippen LogP contribution >= 0.6 is 0 Å². The number of nitrogens with zero attached hydrogens (tertiary/aromatic N) is 5. The van der Waals surface area contributed by atoms with E-state index in [9.17, 15) is 9.00 Å². The summed E-state index contributed by atoms with van der Waals surface area (Å²) < 4.78 is 21.9. The molecule has 1 aliphatic rings. The van der Waals surface area contributed by atoms with Gasteiger partial charge in [-0.15, -0.1) is 0 Å². The van der Waals surface area contributed by atoms with E-state index in [4.69, 9.17) is 16.2 Å². The molecule has 3 heterocycles. The molecule has 11 heteroatoms. The van der Waals surface area contributed by atoms with Crippen LogP contribution in [0.2, 0.25) is 0 Å². The molecule has 2 aromatic heterocycles. The summed E-state index contributed by atoms with van der Waals surface area (Å²) in [6.45, 7) is 3.81. The number of ether oxygens (including phenoxy) is 1. The van der Waals surface area contributed by atoms with Crippen LogP contribution < -0.4 is 16.4 Å². The summed E-state index contributed by atoms with van der Waals surface area (Å²) in [6, 6.07) is 4.81. The fourth-order valence-corrected chi connectivity index (χ4v) is 3.39. The van der Waals surface area contributed by atoms with E-state index >= 15 is 0 Å². The summed E-state index contributed by atoms with van der Waals surface area (Å²) in [5.74, 6) is 0.606. The number of rotatable bonds is 4. The van der Waals surface area contributed by atoms with Crippen LogP contribution in [0.15, 0.2) is 22.6 Å². The Morgan fingerprint density at radius 2 is 2.04 bits per heavy atom. The first-order chi connectivity index (χ1) is 13.1. The molecule has 4 N–H and O–H groups in total. The zero-order chi connectivity index (χ0) is 20.5. The van der Waals surface area contributed by atoms with Crippen molar-refractivity contribution in [1.82, 2.24) is 15.0 Å². The predicted molar refractivity (Wildman–Crippen MR) is 108 cm³/mol. The Kier molecular flexibility index (Phi) is 5.47. The molecule has 1 unspecified atom stereocenters. The van der Waals surface area contributed by atoms with Crippen molar-refractivity contribution in [2.24, 2.45) is 10.1 Å². The second-order valence-corrected chi connectivity index (χ2v) is 9.37. The second-order valence-electron chi connectivity index (χ2n) is 6.83. The molecule has 1 aliphatic heterocycles. The van der Waals surface area contributed by atoms with Crippen molar-refractivity contribution >= 4 is 33.1 Å². The van der Waals surface area contributed by atoms with Crippen molar-refractivity contribution in [1.29, 1.82) is 0 Å². The maximum Gasteiger partial charge on any atom is 0.267 e. The quantitative estimate of drug-likeness (QED) is 0.758. The van der Waals surface area contributed by atoms with E-state index in [1.54, 1.807) is 12.1 Å². The molecule has 28 heavy (non-hydrogen) atoms. The molecule has 2 aromatic rings. The number of hydrogen-bond acceptors (Lipinski definition) is 9. The average Bonchev–Trinajstić information content (AvgIpc) is 2.59. The van der Waals surface area contributed by atoms with Gasteiger partial charge in [-0.1, -0.05) is 0 Å². The molecule has 1 atom stereocenters. The Labute approximate surface area is 163 Å². The summed E-state index contributed by atoms with van der Waals surface area (Å²) >= 11 is 0. The zero-order valence-electron chi connectivity index (χ0n) is 16.0. The van der Waals surface area contributed by atoms with Gasteiger partial charge in [0.2, 0.25) is 0 Å². The number of carbonyl (C=O) groups is 1. The number of pyridine rings is 1. The van der Waals surface area contributed by atoms with Gasteiger partial charge in [0, 0.05) is 40.4 Å². The van der Waals surface area contributed by atoms with Gasteiger partial charge in [-0.05, 0) is 19.1 Å². The topological polar surface area (TPSA) is 150 Å². The Hall–Kier alpha value is -2.79. The first-order valence-corrected chi connectivity index (χ1v) is 10.9. The van der Waals surface area contributed by atoms with Crippen LogP contribution in [0.4, 0.5) is 17.5 Å². The normalized spacial score (nSPS) is 17.4. The highest BCUT2D eigenvalue weighted by molar-refractivity contribution is 7.92. The molecular weight excluding hydrogens is 382 g/mol. The number of aromatic nitrogens is 3. The lowest BCUT2D eigenvalue weighted by molar-refractivity contribution is 0.0985. The first kappa shape index (κ1) is 20.0. The van der Waals surface area contributed by atoms with Crippen LogP contribution in [-0.2, 0) is 14.5 Å². The van der Waals surface area contributed by atoms with Gasteiger partial charge >= 0.3 is 0 Å². The van der Waals surface area contributed by atoms with Crippen LogP contribution in [0.1, 0.15) is 17.4 Å². The van der Waals surface area contributed by atoms with Crippen LogP contribution in [0.25, 0.3) is 11.4 Å². The number of morpholine rings is 1. The Bertz CT molecular complexity index is 1030. The molecule has 0 spiro atoms. The fraction of sp³-hybridized carbons (Fsp3) is 0.412. The van der Waals surface area contributed by atoms with Gasteiger partial charge in [-0.3, -0.25) is 4.79 Å². The van der Waals surface area contributed by atoms with E-state index in [-0.39, 0.29) is 29.2 Å². The Morgan fingerprint density at radius 3 is 2.68 bits per heavy atom. The molecule has 0 aliphatic carbocycles. The molecule has 0 radical (unpaired) electrons. The van der Waals surface area contributed by atoms with Gasteiger partial charge in [-0.25, -0.2) is 19.2 Å². The average molecular weight is 405 g/mol. The molecule has 1 fully saturated rings. The summed E-state index contributed by atoms with van der Waals surface area (Å²) in [7, 11) is -2.44. The number of nitrogens with two attached hydrogens (primary N) is 2. The Morgan fingerprint density at radius 1 is 1.29 bits per heavy atom. The third kappa shape index (κ3) is 4.73. The molecule has 1 amide bonds. The first-order valence-electron chi connectivity index (χ1n) is 8.61. The largest absolute Gasteiger partial charge is 0.384 e. The molecule has 1 saturated heterocycles. The SMILES string of the molecule is CC1COCCN1c1cc(N=S(C)(C)=O)nc(-c2cc(N)nc(C(N)=O)c2)n1. The number of primary amides is 1. The molecule has 0 aromatic carbocycles. The van der Waals surface area contributed by atoms with Crippen LogP contribution in [0.5, 0.6) is 0 Å².